The minimum Gasteiger partial charge on any atom is -0.384 e. The summed E-state index contributed by atoms with van der Waals surface area (Å²) in [7, 11) is 0. The summed E-state index contributed by atoms with van der Waals surface area (Å²) >= 11 is 1.34. The Morgan fingerprint density at radius 2 is 2.37 bits per heavy atom. The monoisotopic (exact) mass is 279 g/mol. The highest BCUT2D eigenvalue weighted by atomic mass is 32.1. The molecule has 0 aromatic carbocycles. The maximum absolute atomic E-state index is 12.0. The molecule has 1 aliphatic rings. The van der Waals surface area contributed by atoms with E-state index >= 15 is 0 Å². The summed E-state index contributed by atoms with van der Waals surface area (Å²) in [4.78, 5) is 13.4. The molecule has 1 aromatic rings. The molecule has 0 radical (unpaired) electrons. The predicted octanol–water partition coefficient (Wildman–Crippen LogP) is 1.39. The number of thiophene rings is 1. The maximum atomic E-state index is 12.0. The molecule has 1 aliphatic carbocycles. The van der Waals surface area contributed by atoms with E-state index in [-0.39, 0.29) is 18.6 Å². The van der Waals surface area contributed by atoms with E-state index < -0.39 is 0 Å². The number of hydrogen-bond donors (Lipinski definition) is 2. The van der Waals surface area contributed by atoms with Crippen molar-refractivity contribution in [2.24, 2.45) is 0 Å². The van der Waals surface area contributed by atoms with Gasteiger partial charge in [-0.2, -0.15) is 0 Å². The first-order valence-electron chi connectivity index (χ1n) is 6.35. The van der Waals surface area contributed by atoms with E-state index in [4.69, 9.17) is 9.84 Å². The van der Waals surface area contributed by atoms with Crippen molar-refractivity contribution < 1.29 is 14.6 Å². The molecular weight excluding hydrogens is 262 g/mol. The van der Waals surface area contributed by atoms with Crippen molar-refractivity contribution in [3.05, 3.63) is 21.9 Å². The van der Waals surface area contributed by atoms with Crippen molar-refractivity contribution in [1.29, 1.82) is 0 Å². The van der Waals surface area contributed by atoms with Crippen LogP contribution in [0, 0.1) is 11.8 Å². The highest BCUT2D eigenvalue weighted by Crippen LogP contribution is 2.24. The molecule has 0 atom stereocenters. The first-order chi connectivity index (χ1) is 9.22. The fourth-order valence-electron chi connectivity index (χ4n) is 1.97. The van der Waals surface area contributed by atoms with Crippen LogP contribution in [0.25, 0.3) is 0 Å². The largest absolute Gasteiger partial charge is 0.384 e. The number of aliphatic hydroxyl groups is 1. The van der Waals surface area contributed by atoms with Crippen LogP contribution in [0.2, 0.25) is 0 Å². The molecule has 19 heavy (non-hydrogen) atoms. The third kappa shape index (κ3) is 3.80. The second-order valence-electron chi connectivity index (χ2n) is 4.34. The fourth-order valence-corrected chi connectivity index (χ4v) is 2.75. The first-order valence-corrected chi connectivity index (χ1v) is 7.16. The summed E-state index contributed by atoms with van der Waals surface area (Å²) in [6.07, 6.45) is 2.08. The number of hydrogen-bond acceptors (Lipinski definition) is 4. The molecular formula is C14H17NO3S. The van der Waals surface area contributed by atoms with Crippen LogP contribution in [0.15, 0.2) is 12.1 Å². The van der Waals surface area contributed by atoms with Crippen molar-refractivity contribution in [1.82, 2.24) is 5.32 Å². The van der Waals surface area contributed by atoms with Gasteiger partial charge in [-0.1, -0.05) is 11.8 Å². The number of rotatable bonds is 4. The number of nitrogens with one attached hydrogen (secondary N) is 1. The Morgan fingerprint density at radius 1 is 1.58 bits per heavy atom. The van der Waals surface area contributed by atoms with E-state index in [9.17, 15) is 4.79 Å². The van der Waals surface area contributed by atoms with Gasteiger partial charge in [0, 0.05) is 12.6 Å². The first kappa shape index (κ1) is 14.1. The van der Waals surface area contributed by atoms with E-state index in [0.29, 0.717) is 11.0 Å². The van der Waals surface area contributed by atoms with Crippen LogP contribution >= 0.6 is 11.3 Å². The van der Waals surface area contributed by atoms with Gasteiger partial charge in [0.15, 0.2) is 0 Å². The standard InChI is InChI=1S/C14H17NO3S/c1-2-18-11-8-10(9-11)15-14(17)13-6-5-12(19-13)4-3-7-16/h5-6,10-11,16H,2,7-9H2,1H3,(H,15,17). The predicted molar refractivity (Wildman–Crippen MR) is 74.2 cm³/mol. The summed E-state index contributed by atoms with van der Waals surface area (Å²) in [5.74, 6) is 5.31. The van der Waals surface area contributed by atoms with Crippen molar-refractivity contribution in [2.75, 3.05) is 13.2 Å². The lowest BCUT2D eigenvalue weighted by Crippen LogP contribution is -2.47. The molecule has 0 bridgehead atoms. The molecule has 1 fully saturated rings. The average molecular weight is 279 g/mol. The lowest BCUT2D eigenvalue weighted by molar-refractivity contribution is -0.00858. The van der Waals surface area contributed by atoms with Crippen molar-refractivity contribution >= 4 is 17.2 Å². The minimum absolute atomic E-state index is 0.0537. The fraction of sp³-hybridized carbons (Fsp3) is 0.500. The quantitative estimate of drug-likeness (QED) is 0.819. The van der Waals surface area contributed by atoms with Gasteiger partial charge in [-0.05, 0) is 31.9 Å². The van der Waals surface area contributed by atoms with E-state index in [1.165, 1.54) is 11.3 Å². The normalized spacial score (nSPS) is 21.2. The van der Waals surface area contributed by atoms with Gasteiger partial charge >= 0.3 is 0 Å². The van der Waals surface area contributed by atoms with Gasteiger partial charge in [0.2, 0.25) is 0 Å². The second kappa shape index (κ2) is 6.71. The zero-order chi connectivity index (χ0) is 13.7. The van der Waals surface area contributed by atoms with E-state index in [1.807, 2.05) is 6.92 Å². The number of carbonyl (C=O) groups excluding carboxylic acids is 1. The van der Waals surface area contributed by atoms with Crippen LogP contribution in [0.3, 0.4) is 0 Å². The lowest BCUT2D eigenvalue weighted by Gasteiger charge is -2.35. The van der Waals surface area contributed by atoms with Gasteiger partial charge < -0.3 is 15.2 Å². The summed E-state index contributed by atoms with van der Waals surface area (Å²) in [6, 6.07) is 3.78. The molecule has 0 aliphatic heterocycles. The Bertz CT molecular complexity index is 494. The van der Waals surface area contributed by atoms with Gasteiger partial charge in [-0.15, -0.1) is 11.3 Å². The van der Waals surface area contributed by atoms with Crippen LogP contribution in [0.1, 0.15) is 34.3 Å². The van der Waals surface area contributed by atoms with Gasteiger partial charge in [-0.3, -0.25) is 4.79 Å². The number of amides is 1. The van der Waals surface area contributed by atoms with E-state index in [0.717, 1.165) is 24.3 Å². The molecule has 2 N–H and O–H groups in total. The third-order valence-electron chi connectivity index (χ3n) is 2.95. The third-order valence-corrected chi connectivity index (χ3v) is 3.95. The molecule has 1 aromatic heterocycles. The second-order valence-corrected chi connectivity index (χ2v) is 5.43. The van der Waals surface area contributed by atoms with Crippen molar-refractivity contribution in [2.45, 2.75) is 31.9 Å². The Labute approximate surface area is 116 Å². The lowest BCUT2D eigenvalue weighted by atomic mass is 9.89. The van der Waals surface area contributed by atoms with Gasteiger partial charge in [0.1, 0.15) is 6.61 Å². The Kier molecular flexibility index (Phi) is 4.97. The Morgan fingerprint density at radius 3 is 3.05 bits per heavy atom. The van der Waals surface area contributed by atoms with Crippen molar-refractivity contribution in [3.8, 4) is 11.8 Å². The van der Waals surface area contributed by atoms with Crippen LogP contribution in [-0.4, -0.2) is 36.4 Å². The SMILES string of the molecule is CCOC1CC(NC(=O)c2ccc(C#CCO)s2)C1. The molecule has 5 heteroatoms. The highest BCUT2D eigenvalue weighted by Gasteiger charge is 2.31. The highest BCUT2D eigenvalue weighted by molar-refractivity contribution is 7.14. The van der Waals surface area contributed by atoms with Gasteiger partial charge in [0.25, 0.3) is 5.91 Å². The average Bonchev–Trinajstić information content (AvgIpc) is 2.82. The molecule has 4 nitrogen and oxygen atoms in total. The molecule has 0 unspecified atom stereocenters. The van der Waals surface area contributed by atoms with Crippen LogP contribution in [-0.2, 0) is 4.74 Å². The summed E-state index contributed by atoms with van der Waals surface area (Å²) in [6.45, 7) is 2.54. The van der Waals surface area contributed by atoms with Gasteiger partial charge in [-0.25, -0.2) is 0 Å². The number of carbonyl (C=O) groups is 1. The number of aliphatic hydroxyl groups excluding tert-OH is 1. The zero-order valence-electron chi connectivity index (χ0n) is 10.8. The van der Waals surface area contributed by atoms with E-state index in [2.05, 4.69) is 17.2 Å². The molecule has 0 spiro atoms. The molecule has 1 amide bonds. The zero-order valence-corrected chi connectivity index (χ0v) is 11.6. The van der Waals surface area contributed by atoms with Crippen LogP contribution in [0.4, 0.5) is 0 Å². The molecule has 102 valence electrons. The topological polar surface area (TPSA) is 58.6 Å². The van der Waals surface area contributed by atoms with E-state index in [1.54, 1.807) is 12.1 Å². The molecule has 1 heterocycles. The Balaban J connectivity index is 1.82. The Hall–Kier alpha value is -1.35. The van der Waals surface area contributed by atoms with Crippen LogP contribution < -0.4 is 5.32 Å². The molecule has 2 rings (SSSR count). The summed E-state index contributed by atoms with van der Waals surface area (Å²) < 4.78 is 5.45. The smallest absolute Gasteiger partial charge is 0.261 e. The summed E-state index contributed by atoms with van der Waals surface area (Å²) in [5.41, 5.74) is 0. The van der Waals surface area contributed by atoms with Crippen LogP contribution in [0.5, 0.6) is 0 Å². The number of ether oxygens (including phenoxy) is 1. The van der Waals surface area contributed by atoms with Crippen molar-refractivity contribution in [3.63, 3.8) is 0 Å². The minimum atomic E-state index is -0.166. The maximum Gasteiger partial charge on any atom is 0.261 e. The molecule has 1 saturated carbocycles. The van der Waals surface area contributed by atoms with Gasteiger partial charge in [0.05, 0.1) is 15.9 Å². The molecule has 0 saturated heterocycles. The summed E-state index contributed by atoms with van der Waals surface area (Å²) in [5, 5.41) is 11.6.